The summed E-state index contributed by atoms with van der Waals surface area (Å²) < 4.78 is 28.3. The van der Waals surface area contributed by atoms with Gasteiger partial charge < -0.3 is 10.6 Å². The molecule has 3 rings (SSSR count). The Morgan fingerprint density at radius 1 is 1.03 bits per heavy atom. The molecule has 0 atom stereocenters. The molecule has 0 aromatic heterocycles. The molecule has 0 aliphatic carbocycles. The van der Waals surface area contributed by atoms with Gasteiger partial charge in [-0.3, -0.25) is 4.79 Å². The van der Waals surface area contributed by atoms with Crippen LogP contribution in [0, 0.1) is 13.8 Å². The topological polar surface area (TPSA) is 78.5 Å². The number of carbonyl (C=O) groups excluding carboxylic acids is 1. The number of amides is 1. The Morgan fingerprint density at radius 3 is 2.45 bits per heavy atom. The number of rotatable bonds is 6. The number of nitrogens with zero attached hydrogens (tertiary/aromatic N) is 1. The smallest absolute Gasteiger partial charge is 0.243 e. The van der Waals surface area contributed by atoms with E-state index in [9.17, 15) is 13.2 Å². The molecular weight excluding hydrogens is 454 g/mol. The molecule has 1 heterocycles. The number of piperidine rings is 1. The fraction of sp³-hybridized carbons (Fsp3) is 0.381. The third-order valence-corrected chi connectivity index (χ3v) is 7.83. The quantitative estimate of drug-likeness (QED) is 0.647. The highest BCUT2D eigenvalue weighted by Gasteiger charge is 2.26. The summed E-state index contributed by atoms with van der Waals surface area (Å²) in [6.07, 6.45) is 2.83. The van der Waals surface area contributed by atoms with Gasteiger partial charge in [0.15, 0.2) is 0 Å². The molecule has 0 radical (unpaired) electrons. The zero-order valence-corrected chi connectivity index (χ0v) is 19.1. The highest BCUT2D eigenvalue weighted by atomic mass is 79.9. The predicted molar refractivity (Wildman–Crippen MR) is 120 cm³/mol. The Kier molecular flexibility index (Phi) is 6.97. The lowest BCUT2D eigenvalue weighted by Crippen LogP contribution is -2.35. The third kappa shape index (κ3) is 5.38. The summed E-state index contributed by atoms with van der Waals surface area (Å²) in [7, 11) is -3.54. The lowest BCUT2D eigenvalue weighted by atomic mass is 10.2. The van der Waals surface area contributed by atoms with Gasteiger partial charge in [-0.1, -0.05) is 28.4 Å². The summed E-state index contributed by atoms with van der Waals surface area (Å²) in [6.45, 7) is 5.01. The molecule has 1 amide bonds. The van der Waals surface area contributed by atoms with Gasteiger partial charge >= 0.3 is 0 Å². The number of benzene rings is 2. The molecular formula is C21H26BrN3O3S. The van der Waals surface area contributed by atoms with Gasteiger partial charge in [0, 0.05) is 28.9 Å². The SMILES string of the molecule is Cc1cc(NCC(=O)Nc2cc(S(=O)(=O)N3CCCCC3)ccc2C)ccc1Br. The van der Waals surface area contributed by atoms with Crippen molar-refractivity contribution in [2.75, 3.05) is 30.3 Å². The first-order chi connectivity index (χ1) is 13.8. The van der Waals surface area contributed by atoms with Crippen molar-refractivity contribution < 1.29 is 13.2 Å². The molecule has 1 saturated heterocycles. The molecule has 8 heteroatoms. The largest absolute Gasteiger partial charge is 0.376 e. The number of halogens is 1. The lowest BCUT2D eigenvalue weighted by Gasteiger charge is -2.26. The van der Waals surface area contributed by atoms with E-state index >= 15 is 0 Å². The third-order valence-electron chi connectivity index (χ3n) is 5.05. The molecule has 0 unspecified atom stereocenters. The average Bonchev–Trinajstić information content (AvgIpc) is 2.71. The van der Waals surface area contributed by atoms with Crippen LogP contribution >= 0.6 is 15.9 Å². The van der Waals surface area contributed by atoms with Crippen molar-refractivity contribution in [3.05, 3.63) is 52.0 Å². The van der Waals surface area contributed by atoms with Crippen LogP contribution in [0.15, 0.2) is 45.8 Å². The lowest BCUT2D eigenvalue weighted by molar-refractivity contribution is -0.114. The first-order valence-electron chi connectivity index (χ1n) is 9.68. The number of carbonyl (C=O) groups is 1. The Balaban J connectivity index is 1.69. The molecule has 29 heavy (non-hydrogen) atoms. The molecule has 2 N–H and O–H groups in total. The Bertz CT molecular complexity index is 1000. The first-order valence-corrected chi connectivity index (χ1v) is 11.9. The zero-order valence-electron chi connectivity index (χ0n) is 16.7. The van der Waals surface area contributed by atoms with Gasteiger partial charge in [-0.15, -0.1) is 0 Å². The molecule has 156 valence electrons. The number of hydrogen-bond donors (Lipinski definition) is 2. The zero-order chi connectivity index (χ0) is 21.0. The predicted octanol–water partition coefficient (Wildman–Crippen LogP) is 4.29. The van der Waals surface area contributed by atoms with Crippen molar-refractivity contribution in [2.24, 2.45) is 0 Å². The number of anilines is 2. The average molecular weight is 480 g/mol. The maximum absolute atomic E-state index is 12.9. The molecule has 0 spiro atoms. The second-order valence-corrected chi connectivity index (χ2v) is 10.1. The molecule has 1 fully saturated rings. The summed E-state index contributed by atoms with van der Waals surface area (Å²) in [5, 5.41) is 5.92. The number of nitrogens with one attached hydrogen (secondary N) is 2. The van der Waals surface area contributed by atoms with Gasteiger partial charge in [0.25, 0.3) is 0 Å². The van der Waals surface area contributed by atoms with E-state index in [1.807, 2.05) is 32.0 Å². The van der Waals surface area contributed by atoms with Crippen LogP contribution in [-0.2, 0) is 14.8 Å². The van der Waals surface area contributed by atoms with Gasteiger partial charge in [0.05, 0.1) is 11.4 Å². The monoisotopic (exact) mass is 479 g/mol. The van der Waals surface area contributed by atoms with Crippen LogP contribution in [0.3, 0.4) is 0 Å². The van der Waals surface area contributed by atoms with E-state index in [-0.39, 0.29) is 17.3 Å². The van der Waals surface area contributed by atoms with Gasteiger partial charge in [-0.25, -0.2) is 8.42 Å². The Labute approximate surface area is 180 Å². The van der Waals surface area contributed by atoms with E-state index in [1.165, 1.54) is 4.31 Å². The molecule has 2 aromatic carbocycles. The number of sulfonamides is 1. The first kappa shape index (κ1) is 21.8. The van der Waals surface area contributed by atoms with Crippen LogP contribution in [0.1, 0.15) is 30.4 Å². The van der Waals surface area contributed by atoms with E-state index in [1.54, 1.807) is 18.2 Å². The van der Waals surface area contributed by atoms with Crippen molar-refractivity contribution in [2.45, 2.75) is 38.0 Å². The van der Waals surface area contributed by atoms with Crippen molar-refractivity contribution in [3.63, 3.8) is 0 Å². The van der Waals surface area contributed by atoms with E-state index in [2.05, 4.69) is 26.6 Å². The summed E-state index contributed by atoms with van der Waals surface area (Å²) in [6, 6.07) is 10.7. The Hall–Kier alpha value is -1.90. The highest BCUT2D eigenvalue weighted by Crippen LogP contribution is 2.25. The molecule has 0 saturated carbocycles. The molecule has 1 aliphatic rings. The molecule has 1 aliphatic heterocycles. The second-order valence-electron chi connectivity index (χ2n) is 7.31. The standard InChI is InChI=1S/C21H26BrN3O3S/c1-15-6-8-18(29(27,28)25-10-4-3-5-11-25)13-20(15)24-21(26)14-23-17-7-9-19(22)16(2)12-17/h6-9,12-13,23H,3-5,10-11,14H2,1-2H3,(H,24,26). The van der Waals surface area contributed by atoms with Crippen LogP contribution in [0.4, 0.5) is 11.4 Å². The van der Waals surface area contributed by atoms with E-state index in [0.717, 1.165) is 40.5 Å². The summed E-state index contributed by atoms with van der Waals surface area (Å²) in [5.41, 5.74) is 3.25. The fourth-order valence-corrected chi connectivity index (χ4v) is 5.07. The molecule has 0 bridgehead atoms. The minimum atomic E-state index is -3.54. The summed E-state index contributed by atoms with van der Waals surface area (Å²) in [4.78, 5) is 12.6. The van der Waals surface area contributed by atoms with Crippen molar-refractivity contribution in [1.82, 2.24) is 4.31 Å². The van der Waals surface area contributed by atoms with Gasteiger partial charge in [-0.05, 0) is 68.1 Å². The minimum Gasteiger partial charge on any atom is -0.376 e. The number of hydrogen-bond acceptors (Lipinski definition) is 4. The van der Waals surface area contributed by atoms with Gasteiger partial charge in [0.1, 0.15) is 0 Å². The fourth-order valence-electron chi connectivity index (χ4n) is 3.28. The number of aryl methyl sites for hydroxylation is 2. The molecule has 2 aromatic rings. The van der Waals surface area contributed by atoms with Crippen LogP contribution in [0.2, 0.25) is 0 Å². The van der Waals surface area contributed by atoms with Crippen LogP contribution in [-0.4, -0.2) is 38.3 Å². The Morgan fingerprint density at radius 2 is 1.76 bits per heavy atom. The van der Waals surface area contributed by atoms with Gasteiger partial charge in [-0.2, -0.15) is 4.31 Å². The maximum atomic E-state index is 12.9. The van der Waals surface area contributed by atoms with Crippen LogP contribution < -0.4 is 10.6 Å². The van der Waals surface area contributed by atoms with Gasteiger partial charge in [0.2, 0.25) is 15.9 Å². The van der Waals surface area contributed by atoms with Crippen molar-refractivity contribution in [3.8, 4) is 0 Å². The van der Waals surface area contributed by atoms with Crippen molar-refractivity contribution in [1.29, 1.82) is 0 Å². The van der Waals surface area contributed by atoms with Crippen molar-refractivity contribution >= 4 is 43.2 Å². The maximum Gasteiger partial charge on any atom is 0.243 e. The summed E-state index contributed by atoms with van der Waals surface area (Å²) >= 11 is 3.45. The minimum absolute atomic E-state index is 0.0869. The summed E-state index contributed by atoms with van der Waals surface area (Å²) in [5.74, 6) is -0.235. The molecule has 6 nitrogen and oxygen atoms in total. The van der Waals surface area contributed by atoms with E-state index < -0.39 is 10.0 Å². The second kappa shape index (κ2) is 9.28. The van der Waals surface area contributed by atoms with E-state index in [0.29, 0.717) is 18.8 Å². The van der Waals surface area contributed by atoms with E-state index in [4.69, 9.17) is 0 Å². The van der Waals surface area contributed by atoms with Crippen LogP contribution in [0.5, 0.6) is 0 Å². The normalized spacial score (nSPS) is 15.1. The van der Waals surface area contributed by atoms with Crippen LogP contribution in [0.25, 0.3) is 0 Å². The highest BCUT2D eigenvalue weighted by molar-refractivity contribution is 9.10.